The van der Waals surface area contributed by atoms with Gasteiger partial charge < -0.3 is 16.4 Å². The number of hydrogen-bond acceptors (Lipinski definition) is 3. The molecule has 0 bridgehead atoms. The highest BCUT2D eigenvalue weighted by atomic mass is 16.2. The third kappa shape index (κ3) is 7.23. The fourth-order valence-electron chi connectivity index (χ4n) is 1.18. The lowest BCUT2D eigenvalue weighted by atomic mass is 10.1. The van der Waals surface area contributed by atoms with E-state index in [2.05, 4.69) is 10.6 Å². The lowest BCUT2D eigenvalue weighted by molar-refractivity contribution is -0.126. The van der Waals surface area contributed by atoms with Crippen LogP contribution in [0.2, 0.25) is 0 Å². The first-order valence-corrected chi connectivity index (χ1v) is 5.91. The topological polar surface area (TPSA) is 84.2 Å². The molecule has 5 nitrogen and oxygen atoms in total. The molecule has 0 aliphatic carbocycles. The summed E-state index contributed by atoms with van der Waals surface area (Å²) in [4.78, 5) is 22.6. The molecule has 94 valence electrons. The molecular formula is C11H23N3O2. The first-order chi connectivity index (χ1) is 7.61. The molecule has 0 aromatic rings. The van der Waals surface area contributed by atoms with E-state index in [1.165, 1.54) is 0 Å². The van der Waals surface area contributed by atoms with E-state index in [-0.39, 0.29) is 18.4 Å². The molecule has 0 heterocycles. The van der Waals surface area contributed by atoms with Gasteiger partial charge in [-0.2, -0.15) is 0 Å². The molecule has 0 aliphatic rings. The first kappa shape index (κ1) is 14.9. The second-order valence-corrected chi connectivity index (χ2v) is 3.82. The Bertz CT molecular complexity index is 219. The molecule has 0 saturated carbocycles. The Labute approximate surface area is 97.2 Å². The number of nitrogens with one attached hydrogen (secondary N) is 2. The van der Waals surface area contributed by atoms with Gasteiger partial charge >= 0.3 is 0 Å². The lowest BCUT2D eigenvalue weighted by Crippen LogP contribution is -2.44. The Morgan fingerprint density at radius 3 is 2.44 bits per heavy atom. The van der Waals surface area contributed by atoms with Gasteiger partial charge in [-0.1, -0.05) is 26.7 Å². The SMILES string of the molecule is CCCCC(N)C(=O)NCC(=O)NCCC. The highest BCUT2D eigenvalue weighted by Crippen LogP contribution is 1.97. The van der Waals surface area contributed by atoms with Crippen molar-refractivity contribution in [2.45, 2.75) is 45.6 Å². The van der Waals surface area contributed by atoms with Crippen LogP contribution in [0, 0.1) is 0 Å². The predicted molar refractivity (Wildman–Crippen MR) is 63.8 cm³/mol. The second-order valence-electron chi connectivity index (χ2n) is 3.82. The number of carbonyl (C=O) groups is 2. The summed E-state index contributed by atoms with van der Waals surface area (Å²) in [7, 11) is 0. The van der Waals surface area contributed by atoms with Crippen LogP contribution in [0.15, 0.2) is 0 Å². The van der Waals surface area contributed by atoms with Gasteiger partial charge in [0.1, 0.15) is 0 Å². The van der Waals surface area contributed by atoms with Gasteiger partial charge in [0.05, 0.1) is 12.6 Å². The van der Waals surface area contributed by atoms with Crippen molar-refractivity contribution >= 4 is 11.8 Å². The van der Waals surface area contributed by atoms with Gasteiger partial charge in [-0.3, -0.25) is 9.59 Å². The molecule has 16 heavy (non-hydrogen) atoms. The fourth-order valence-corrected chi connectivity index (χ4v) is 1.18. The summed E-state index contributed by atoms with van der Waals surface area (Å²) in [6, 6.07) is -0.501. The molecule has 1 atom stereocenters. The number of carbonyl (C=O) groups excluding carboxylic acids is 2. The minimum absolute atomic E-state index is 0.0126. The minimum Gasteiger partial charge on any atom is -0.355 e. The van der Waals surface area contributed by atoms with Crippen LogP contribution in [0.25, 0.3) is 0 Å². The van der Waals surface area contributed by atoms with E-state index in [1.54, 1.807) is 0 Å². The zero-order valence-electron chi connectivity index (χ0n) is 10.2. The maximum Gasteiger partial charge on any atom is 0.239 e. The van der Waals surface area contributed by atoms with Crippen LogP contribution >= 0.6 is 0 Å². The molecule has 0 saturated heterocycles. The average Bonchev–Trinajstić information content (AvgIpc) is 2.30. The van der Waals surface area contributed by atoms with Gasteiger partial charge in [0, 0.05) is 6.54 Å². The van der Waals surface area contributed by atoms with Crippen LogP contribution in [0.3, 0.4) is 0 Å². The van der Waals surface area contributed by atoms with Gasteiger partial charge in [0.2, 0.25) is 11.8 Å². The summed E-state index contributed by atoms with van der Waals surface area (Å²) in [6.07, 6.45) is 3.49. The van der Waals surface area contributed by atoms with E-state index in [9.17, 15) is 9.59 Å². The van der Waals surface area contributed by atoms with Crippen LogP contribution in [-0.2, 0) is 9.59 Å². The van der Waals surface area contributed by atoms with E-state index in [0.29, 0.717) is 13.0 Å². The summed E-state index contributed by atoms with van der Waals surface area (Å²) < 4.78 is 0. The summed E-state index contributed by atoms with van der Waals surface area (Å²) in [5.74, 6) is -0.419. The number of unbranched alkanes of at least 4 members (excludes halogenated alkanes) is 1. The van der Waals surface area contributed by atoms with Crippen LogP contribution in [-0.4, -0.2) is 30.9 Å². The minimum atomic E-state index is -0.501. The number of nitrogens with two attached hydrogens (primary N) is 1. The Balaban J connectivity index is 3.66. The predicted octanol–water partition coefficient (Wildman–Crippen LogP) is 0.146. The van der Waals surface area contributed by atoms with Crippen molar-refractivity contribution in [2.24, 2.45) is 5.73 Å². The second kappa shape index (κ2) is 9.15. The molecular weight excluding hydrogens is 206 g/mol. The summed E-state index contributed by atoms with van der Waals surface area (Å²) in [6.45, 7) is 4.66. The van der Waals surface area contributed by atoms with Gasteiger partial charge in [-0.05, 0) is 12.8 Å². The molecule has 5 heteroatoms. The van der Waals surface area contributed by atoms with Gasteiger partial charge in [-0.15, -0.1) is 0 Å². The molecule has 0 aliphatic heterocycles. The van der Waals surface area contributed by atoms with Crippen LogP contribution < -0.4 is 16.4 Å². The van der Waals surface area contributed by atoms with Gasteiger partial charge in [0.15, 0.2) is 0 Å². The normalized spacial score (nSPS) is 11.9. The largest absolute Gasteiger partial charge is 0.355 e. The zero-order chi connectivity index (χ0) is 12.4. The molecule has 0 aromatic heterocycles. The first-order valence-electron chi connectivity index (χ1n) is 5.91. The van der Waals surface area contributed by atoms with Crippen molar-refractivity contribution in [1.29, 1.82) is 0 Å². The quantitative estimate of drug-likeness (QED) is 0.554. The van der Waals surface area contributed by atoms with Crippen molar-refractivity contribution in [3.8, 4) is 0 Å². The molecule has 0 spiro atoms. The van der Waals surface area contributed by atoms with Crippen molar-refractivity contribution in [3.05, 3.63) is 0 Å². The van der Waals surface area contributed by atoms with Gasteiger partial charge in [0.25, 0.3) is 0 Å². The third-order valence-electron chi connectivity index (χ3n) is 2.20. The van der Waals surface area contributed by atoms with Crippen molar-refractivity contribution in [1.82, 2.24) is 10.6 Å². The summed E-state index contributed by atoms with van der Waals surface area (Å²) >= 11 is 0. The molecule has 4 N–H and O–H groups in total. The lowest BCUT2D eigenvalue weighted by Gasteiger charge is -2.11. The van der Waals surface area contributed by atoms with E-state index >= 15 is 0 Å². The van der Waals surface area contributed by atoms with E-state index in [0.717, 1.165) is 19.3 Å². The van der Waals surface area contributed by atoms with Crippen LogP contribution in [0.5, 0.6) is 0 Å². The summed E-state index contributed by atoms with van der Waals surface area (Å²) in [5.41, 5.74) is 5.65. The highest BCUT2D eigenvalue weighted by molar-refractivity contribution is 5.87. The van der Waals surface area contributed by atoms with Crippen LogP contribution in [0.4, 0.5) is 0 Å². The standard InChI is InChI=1S/C11H23N3O2/c1-3-5-6-9(12)11(16)14-8-10(15)13-7-4-2/h9H,3-8,12H2,1-2H3,(H,13,15)(H,14,16). The molecule has 0 radical (unpaired) electrons. The number of rotatable bonds is 8. The molecule has 2 amide bonds. The maximum absolute atomic E-state index is 11.4. The number of amides is 2. The van der Waals surface area contributed by atoms with E-state index in [4.69, 9.17) is 5.73 Å². The van der Waals surface area contributed by atoms with Crippen LogP contribution in [0.1, 0.15) is 39.5 Å². The molecule has 0 fully saturated rings. The fraction of sp³-hybridized carbons (Fsp3) is 0.818. The van der Waals surface area contributed by atoms with Crippen molar-refractivity contribution in [2.75, 3.05) is 13.1 Å². The smallest absolute Gasteiger partial charge is 0.239 e. The van der Waals surface area contributed by atoms with Crippen molar-refractivity contribution < 1.29 is 9.59 Å². The Kier molecular flexibility index (Phi) is 8.52. The van der Waals surface area contributed by atoms with E-state index in [1.807, 2.05) is 13.8 Å². The summed E-state index contributed by atoms with van der Waals surface area (Å²) in [5, 5.41) is 5.20. The maximum atomic E-state index is 11.4. The number of hydrogen-bond donors (Lipinski definition) is 3. The highest BCUT2D eigenvalue weighted by Gasteiger charge is 2.13. The Hall–Kier alpha value is -1.10. The van der Waals surface area contributed by atoms with Gasteiger partial charge in [-0.25, -0.2) is 0 Å². The Morgan fingerprint density at radius 2 is 1.88 bits per heavy atom. The van der Waals surface area contributed by atoms with Crippen molar-refractivity contribution in [3.63, 3.8) is 0 Å². The monoisotopic (exact) mass is 229 g/mol. The van der Waals surface area contributed by atoms with E-state index < -0.39 is 6.04 Å². The third-order valence-corrected chi connectivity index (χ3v) is 2.20. The molecule has 0 aromatic carbocycles. The molecule has 1 unspecified atom stereocenters. The average molecular weight is 229 g/mol. The Morgan fingerprint density at radius 1 is 1.19 bits per heavy atom. The zero-order valence-corrected chi connectivity index (χ0v) is 10.2. The molecule has 0 rings (SSSR count).